The molecule has 8 nitrogen and oxygen atoms in total. The smallest absolute Gasteiger partial charge is 0.130 e. The molecule has 3 heterocycles. The Bertz CT molecular complexity index is 1410. The zero-order valence-corrected chi connectivity index (χ0v) is 24.0. The SMILES string of the molecule is CN(C)CCCN1CCN(c2ccc(-c3cnc(C=CC(=N)N4CCCC4c4cccc(F)c4)[nH]3)cc2C#N)CC1. The van der Waals surface area contributed by atoms with E-state index in [2.05, 4.69) is 44.8 Å². The molecule has 214 valence electrons. The number of piperazine rings is 1. The average molecular weight is 555 g/mol. The van der Waals surface area contributed by atoms with Crippen molar-refractivity contribution in [3.63, 3.8) is 0 Å². The number of nitriles is 1. The van der Waals surface area contributed by atoms with Crippen molar-refractivity contribution in [2.24, 2.45) is 0 Å². The Labute approximate surface area is 242 Å². The second-order valence-electron chi connectivity index (χ2n) is 11.1. The van der Waals surface area contributed by atoms with E-state index in [-0.39, 0.29) is 11.9 Å². The van der Waals surface area contributed by atoms with E-state index in [1.165, 1.54) is 12.5 Å². The van der Waals surface area contributed by atoms with Crippen molar-refractivity contribution in [2.75, 3.05) is 64.8 Å². The standard InChI is InChI=1S/C32H39FN8/c1-38(2)13-5-14-39-16-18-40(19-17-39)29-10-9-24(20-26(29)22-34)28-23-36-32(37-28)12-11-31(35)41-15-4-8-30(41)25-6-3-7-27(33)21-25/h3,6-7,9-12,20-21,23,30,35H,4-5,8,13-19H2,1-2H3,(H,36,37). The molecule has 5 rings (SSSR count). The van der Waals surface area contributed by atoms with Gasteiger partial charge in [-0.2, -0.15) is 5.26 Å². The van der Waals surface area contributed by atoms with Gasteiger partial charge in [0.05, 0.1) is 29.2 Å². The highest BCUT2D eigenvalue weighted by molar-refractivity contribution is 5.94. The molecule has 0 bridgehead atoms. The third-order valence-corrected chi connectivity index (χ3v) is 8.01. The summed E-state index contributed by atoms with van der Waals surface area (Å²) in [5.74, 6) is 0.767. The van der Waals surface area contributed by atoms with E-state index in [4.69, 9.17) is 5.41 Å². The molecule has 1 aromatic heterocycles. The van der Waals surface area contributed by atoms with Crippen LogP contribution in [0.2, 0.25) is 0 Å². The number of benzene rings is 2. The summed E-state index contributed by atoms with van der Waals surface area (Å²) in [6, 6.07) is 15.1. The number of rotatable bonds is 9. The molecule has 1 atom stereocenters. The van der Waals surface area contributed by atoms with Gasteiger partial charge in [0, 0.05) is 38.3 Å². The highest BCUT2D eigenvalue weighted by Gasteiger charge is 2.27. The van der Waals surface area contributed by atoms with E-state index < -0.39 is 0 Å². The first kappa shape index (κ1) is 28.5. The first-order valence-corrected chi connectivity index (χ1v) is 14.4. The molecule has 2 fully saturated rings. The van der Waals surface area contributed by atoms with Gasteiger partial charge in [-0.05, 0) is 88.4 Å². The van der Waals surface area contributed by atoms with Crippen molar-refractivity contribution in [1.29, 1.82) is 10.7 Å². The third kappa shape index (κ3) is 7.02. The van der Waals surface area contributed by atoms with E-state index >= 15 is 0 Å². The molecule has 0 saturated carbocycles. The van der Waals surface area contributed by atoms with E-state index in [1.807, 2.05) is 29.2 Å². The summed E-state index contributed by atoms with van der Waals surface area (Å²) in [5, 5.41) is 18.6. The molecule has 2 N–H and O–H groups in total. The Kier molecular flexibility index (Phi) is 9.12. The summed E-state index contributed by atoms with van der Waals surface area (Å²) >= 11 is 0. The molecule has 0 amide bonds. The summed E-state index contributed by atoms with van der Waals surface area (Å²) in [6.07, 6.45) is 8.33. The minimum Gasteiger partial charge on any atom is -0.368 e. The molecule has 3 aromatic rings. The predicted octanol–water partition coefficient (Wildman–Crippen LogP) is 4.99. The van der Waals surface area contributed by atoms with Gasteiger partial charge in [0.2, 0.25) is 0 Å². The fourth-order valence-corrected chi connectivity index (χ4v) is 5.83. The van der Waals surface area contributed by atoms with E-state index in [9.17, 15) is 9.65 Å². The maximum absolute atomic E-state index is 13.8. The molecule has 0 aliphatic carbocycles. The first-order valence-electron chi connectivity index (χ1n) is 14.4. The van der Waals surface area contributed by atoms with Gasteiger partial charge in [-0.1, -0.05) is 18.2 Å². The number of nitrogens with one attached hydrogen (secondary N) is 2. The third-order valence-electron chi connectivity index (χ3n) is 8.01. The number of nitrogens with zero attached hydrogens (tertiary/aromatic N) is 6. The number of hydrogen-bond acceptors (Lipinski definition) is 6. The molecule has 2 aliphatic rings. The highest BCUT2D eigenvalue weighted by atomic mass is 19.1. The minimum atomic E-state index is -0.249. The van der Waals surface area contributed by atoms with Crippen LogP contribution in [0.5, 0.6) is 0 Å². The molecule has 0 spiro atoms. The van der Waals surface area contributed by atoms with Gasteiger partial charge in [-0.3, -0.25) is 10.3 Å². The van der Waals surface area contributed by atoms with Crippen LogP contribution in [0.1, 0.15) is 42.3 Å². The first-order chi connectivity index (χ1) is 19.9. The van der Waals surface area contributed by atoms with Crippen molar-refractivity contribution in [1.82, 2.24) is 24.7 Å². The van der Waals surface area contributed by atoms with Crippen LogP contribution >= 0.6 is 0 Å². The molecular formula is C32H39FN8. The lowest BCUT2D eigenvalue weighted by atomic mass is 10.0. The van der Waals surface area contributed by atoms with E-state index in [0.29, 0.717) is 17.2 Å². The van der Waals surface area contributed by atoms with Gasteiger partial charge in [-0.25, -0.2) is 9.37 Å². The normalized spacial score (nSPS) is 18.0. The Morgan fingerprint density at radius 3 is 2.76 bits per heavy atom. The number of anilines is 1. The van der Waals surface area contributed by atoms with Gasteiger partial charge < -0.3 is 19.7 Å². The number of aromatic nitrogens is 2. The lowest BCUT2D eigenvalue weighted by Crippen LogP contribution is -2.47. The fraction of sp³-hybridized carbons (Fsp3) is 0.406. The number of imidazole rings is 1. The van der Waals surface area contributed by atoms with Crippen LogP contribution < -0.4 is 4.90 Å². The zero-order valence-electron chi connectivity index (χ0n) is 24.0. The Hall–Kier alpha value is -4.00. The van der Waals surface area contributed by atoms with Crippen molar-refractivity contribution < 1.29 is 4.39 Å². The minimum absolute atomic E-state index is 0.00369. The monoisotopic (exact) mass is 554 g/mol. The summed E-state index contributed by atoms with van der Waals surface area (Å²) in [7, 11) is 4.22. The van der Waals surface area contributed by atoms with Gasteiger partial charge in [0.15, 0.2) is 0 Å². The van der Waals surface area contributed by atoms with Crippen LogP contribution in [0, 0.1) is 22.6 Å². The van der Waals surface area contributed by atoms with Crippen LogP contribution in [-0.2, 0) is 0 Å². The summed E-state index contributed by atoms with van der Waals surface area (Å²) in [6.45, 7) is 6.82. The van der Waals surface area contributed by atoms with Crippen LogP contribution in [0.3, 0.4) is 0 Å². The number of likely N-dealkylation sites (tertiary alicyclic amines) is 1. The van der Waals surface area contributed by atoms with E-state index in [0.717, 1.165) is 81.2 Å². The number of aromatic amines is 1. The van der Waals surface area contributed by atoms with Gasteiger partial charge in [0.25, 0.3) is 0 Å². The van der Waals surface area contributed by atoms with Gasteiger partial charge in [-0.15, -0.1) is 0 Å². The van der Waals surface area contributed by atoms with E-state index in [1.54, 1.807) is 30.5 Å². The van der Waals surface area contributed by atoms with Crippen LogP contribution in [-0.4, -0.2) is 90.4 Å². The van der Waals surface area contributed by atoms with Crippen LogP contribution in [0.15, 0.2) is 54.7 Å². The largest absolute Gasteiger partial charge is 0.368 e. The van der Waals surface area contributed by atoms with Crippen molar-refractivity contribution in [3.8, 4) is 17.3 Å². The Morgan fingerprint density at radius 2 is 2.00 bits per heavy atom. The molecule has 0 radical (unpaired) electrons. The number of hydrogen-bond donors (Lipinski definition) is 2. The highest BCUT2D eigenvalue weighted by Crippen LogP contribution is 2.33. The number of amidine groups is 1. The maximum Gasteiger partial charge on any atom is 0.130 e. The van der Waals surface area contributed by atoms with Crippen LogP contribution in [0.25, 0.3) is 17.3 Å². The predicted molar refractivity (Wildman–Crippen MR) is 162 cm³/mol. The lowest BCUT2D eigenvalue weighted by molar-refractivity contribution is 0.242. The van der Waals surface area contributed by atoms with Crippen LogP contribution in [0.4, 0.5) is 10.1 Å². The molecule has 2 aromatic carbocycles. The fourth-order valence-electron chi connectivity index (χ4n) is 5.83. The summed E-state index contributed by atoms with van der Waals surface area (Å²) in [4.78, 5) is 16.8. The van der Waals surface area contributed by atoms with Gasteiger partial charge >= 0.3 is 0 Å². The molecule has 41 heavy (non-hydrogen) atoms. The molecule has 2 aliphatic heterocycles. The molecule has 9 heteroatoms. The lowest BCUT2D eigenvalue weighted by Gasteiger charge is -2.36. The maximum atomic E-state index is 13.8. The Morgan fingerprint density at radius 1 is 1.17 bits per heavy atom. The van der Waals surface area contributed by atoms with Crippen molar-refractivity contribution in [3.05, 3.63) is 77.5 Å². The number of halogens is 1. The zero-order chi connectivity index (χ0) is 28.8. The molecule has 1 unspecified atom stereocenters. The summed E-state index contributed by atoms with van der Waals surface area (Å²) < 4.78 is 13.8. The van der Waals surface area contributed by atoms with Crippen molar-refractivity contribution >= 4 is 17.6 Å². The molecular weight excluding hydrogens is 515 g/mol. The second-order valence-corrected chi connectivity index (χ2v) is 11.1. The average Bonchev–Trinajstić information content (AvgIpc) is 3.66. The number of H-pyrrole nitrogens is 1. The Balaban J connectivity index is 1.21. The quantitative estimate of drug-likeness (QED) is 0.286. The van der Waals surface area contributed by atoms with Crippen molar-refractivity contribution in [2.45, 2.75) is 25.3 Å². The molecule has 2 saturated heterocycles. The second kappa shape index (κ2) is 13.1. The topological polar surface area (TPSA) is 89.3 Å². The van der Waals surface area contributed by atoms with Gasteiger partial charge in [0.1, 0.15) is 23.5 Å². The summed E-state index contributed by atoms with van der Waals surface area (Å²) in [5.41, 5.74) is 4.27.